The van der Waals surface area contributed by atoms with Crippen LogP contribution in [-0.4, -0.2) is 12.6 Å². The van der Waals surface area contributed by atoms with E-state index in [1.807, 2.05) is 0 Å². The van der Waals surface area contributed by atoms with Crippen LogP contribution in [0.5, 0.6) is 0 Å². The van der Waals surface area contributed by atoms with Crippen molar-refractivity contribution in [1.29, 1.82) is 0 Å². The normalized spacial score (nSPS) is 14.7. The summed E-state index contributed by atoms with van der Waals surface area (Å²) in [6.45, 7) is 4.90. The van der Waals surface area contributed by atoms with Crippen molar-refractivity contribution in [2.24, 2.45) is 0 Å². The van der Waals surface area contributed by atoms with Gasteiger partial charge in [0.15, 0.2) is 0 Å². The van der Waals surface area contributed by atoms with Gasteiger partial charge in [-0.25, -0.2) is 0 Å². The predicted octanol–water partition coefficient (Wildman–Crippen LogP) is 4.43. The molecular weight excluding hydrogens is 246 g/mol. The first kappa shape index (κ1) is 15.5. The van der Waals surface area contributed by atoms with Gasteiger partial charge in [0.25, 0.3) is 0 Å². The lowest BCUT2D eigenvalue weighted by Crippen LogP contribution is -2.16. The Kier molecular flexibility index (Phi) is 7.10. The maximum Gasteiger partial charge on any atom is 0.0720 e. The molecule has 0 saturated heterocycles. The third kappa shape index (κ3) is 6.06. The molecule has 1 N–H and O–H groups in total. The summed E-state index contributed by atoms with van der Waals surface area (Å²) < 4.78 is 5.84. The van der Waals surface area contributed by atoms with E-state index in [1.54, 1.807) is 0 Å². The molecular formula is C18H29NO. The number of benzene rings is 1. The standard InChI is InChI=1S/C18H29NO/c1-2-3-4-5-8-13-20-15-17-10-7-6-9-16(17)14-19-18-11-12-18/h6-7,9-10,18-19H,2-5,8,11-15H2,1H3. The quantitative estimate of drug-likeness (QED) is 0.603. The average Bonchev–Trinajstić information content (AvgIpc) is 3.29. The maximum atomic E-state index is 5.84. The Morgan fingerprint density at radius 1 is 1.05 bits per heavy atom. The SMILES string of the molecule is CCCCCCCOCc1ccccc1CNC1CC1. The molecule has 1 fully saturated rings. The molecule has 0 aliphatic heterocycles. The molecule has 2 heteroatoms. The minimum atomic E-state index is 0.760. The number of ether oxygens (including phenoxy) is 1. The molecule has 0 unspecified atom stereocenters. The highest BCUT2D eigenvalue weighted by molar-refractivity contribution is 5.26. The van der Waals surface area contributed by atoms with Gasteiger partial charge in [0, 0.05) is 19.2 Å². The Labute approximate surface area is 123 Å². The van der Waals surface area contributed by atoms with E-state index in [0.29, 0.717) is 0 Å². The molecule has 1 aliphatic carbocycles. The smallest absolute Gasteiger partial charge is 0.0720 e. The van der Waals surface area contributed by atoms with Crippen molar-refractivity contribution >= 4 is 0 Å². The first-order chi connectivity index (χ1) is 9.90. The highest BCUT2D eigenvalue weighted by atomic mass is 16.5. The van der Waals surface area contributed by atoms with Crippen LogP contribution in [0.4, 0.5) is 0 Å². The van der Waals surface area contributed by atoms with E-state index < -0.39 is 0 Å². The molecule has 0 radical (unpaired) electrons. The predicted molar refractivity (Wildman–Crippen MR) is 84.7 cm³/mol. The molecule has 2 rings (SSSR count). The van der Waals surface area contributed by atoms with Gasteiger partial charge in [-0.3, -0.25) is 0 Å². The van der Waals surface area contributed by atoms with Crippen LogP contribution < -0.4 is 5.32 Å². The van der Waals surface area contributed by atoms with E-state index in [9.17, 15) is 0 Å². The lowest BCUT2D eigenvalue weighted by atomic mass is 10.1. The number of rotatable bonds is 11. The van der Waals surface area contributed by atoms with Crippen LogP contribution in [0.1, 0.15) is 63.0 Å². The molecule has 1 aromatic carbocycles. The Balaban J connectivity index is 1.63. The van der Waals surface area contributed by atoms with Gasteiger partial charge in [0.2, 0.25) is 0 Å². The lowest BCUT2D eigenvalue weighted by Gasteiger charge is -2.11. The van der Waals surface area contributed by atoms with E-state index in [0.717, 1.165) is 25.8 Å². The Hall–Kier alpha value is -0.860. The minimum absolute atomic E-state index is 0.760. The molecule has 2 nitrogen and oxygen atoms in total. The van der Waals surface area contributed by atoms with Crippen LogP contribution in [0.15, 0.2) is 24.3 Å². The van der Waals surface area contributed by atoms with Crippen LogP contribution in [-0.2, 0) is 17.9 Å². The van der Waals surface area contributed by atoms with Gasteiger partial charge in [-0.2, -0.15) is 0 Å². The monoisotopic (exact) mass is 275 g/mol. The van der Waals surface area contributed by atoms with Gasteiger partial charge in [0.1, 0.15) is 0 Å². The van der Waals surface area contributed by atoms with Crippen molar-refractivity contribution in [3.05, 3.63) is 35.4 Å². The van der Waals surface area contributed by atoms with Crippen LogP contribution in [0, 0.1) is 0 Å². The van der Waals surface area contributed by atoms with E-state index in [1.165, 1.54) is 56.1 Å². The van der Waals surface area contributed by atoms with Crippen LogP contribution >= 0.6 is 0 Å². The first-order valence-electron chi connectivity index (χ1n) is 8.28. The van der Waals surface area contributed by atoms with Gasteiger partial charge >= 0.3 is 0 Å². The molecule has 0 amide bonds. The molecule has 1 aliphatic rings. The van der Waals surface area contributed by atoms with Crippen molar-refractivity contribution in [3.8, 4) is 0 Å². The van der Waals surface area contributed by atoms with Crippen LogP contribution in [0.25, 0.3) is 0 Å². The molecule has 0 aromatic heterocycles. The Morgan fingerprint density at radius 2 is 1.80 bits per heavy atom. The average molecular weight is 275 g/mol. The Morgan fingerprint density at radius 3 is 2.55 bits per heavy atom. The summed E-state index contributed by atoms with van der Waals surface area (Å²) in [6.07, 6.45) is 9.20. The first-order valence-corrected chi connectivity index (χ1v) is 8.28. The zero-order valence-corrected chi connectivity index (χ0v) is 12.9. The van der Waals surface area contributed by atoms with E-state index in [4.69, 9.17) is 4.74 Å². The number of nitrogens with one attached hydrogen (secondary N) is 1. The van der Waals surface area contributed by atoms with Crippen molar-refractivity contribution in [1.82, 2.24) is 5.32 Å². The van der Waals surface area contributed by atoms with E-state index in [2.05, 4.69) is 36.5 Å². The molecule has 0 heterocycles. The Bertz CT molecular complexity index is 373. The molecule has 20 heavy (non-hydrogen) atoms. The van der Waals surface area contributed by atoms with Crippen molar-refractivity contribution < 1.29 is 4.74 Å². The fraction of sp³-hybridized carbons (Fsp3) is 0.667. The van der Waals surface area contributed by atoms with Crippen LogP contribution in [0.3, 0.4) is 0 Å². The molecule has 0 spiro atoms. The van der Waals surface area contributed by atoms with Crippen molar-refractivity contribution in [3.63, 3.8) is 0 Å². The van der Waals surface area contributed by atoms with Gasteiger partial charge in [-0.05, 0) is 30.4 Å². The van der Waals surface area contributed by atoms with Gasteiger partial charge in [-0.1, -0.05) is 56.9 Å². The molecule has 1 aromatic rings. The lowest BCUT2D eigenvalue weighted by molar-refractivity contribution is 0.116. The third-order valence-electron chi connectivity index (χ3n) is 3.93. The summed E-state index contributed by atoms with van der Waals surface area (Å²) >= 11 is 0. The molecule has 0 bridgehead atoms. The maximum absolute atomic E-state index is 5.84. The summed E-state index contributed by atoms with van der Waals surface area (Å²) in [4.78, 5) is 0. The fourth-order valence-electron chi connectivity index (χ4n) is 2.40. The minimum Gasteiger partial charge on any atom is -0.377 e. The fourth-order valence-corrected chi connectivity index (χ4v) is 2.40. The number of hydrogen-bond acceptors (Lipinski definition) is 2. The highest BCUT2D eigenvalue weighted by Crippen LogP contribution is 2.20. The zero-order chi connectivity index (χ0) is 14.0. The molecule has 1 saturated carbocycles. The van der Waals surface area contributed by atoms with Crippen molar-refractivity contribution in [2.45, 2.75) is 71.1 Å². The number of unbranched alkanes of at least 4 members (excludes halogenated alkanes) is 4. The molecule has 0 atom stereocenters. The van der Waals surface area contributed by atoms with Crippen molar-refractivity contribution in [2.75, 3.05) is 6.61 Å². The number of hydrogen-bond donors (Lipinski definition) is 1. The van der Waals surface area contributed by atoms with E-state index in [-0.39, 0.29) is 0 Å². The second-order valence-corrected chi connectivity index (χ2v) is 5.89. The molecule has 112 valence electrons. The summed E-state index contributed by atoms with van der Waals surface area (Å²) in [7, 11) is 0. The highest BCUT2D eigenvalue weighted by Gasteiger charge is 2.20. The van der Waals surface area contributed by atoms with Gasteiger partial charge in [0.05, 0.1) is 6.61 Å². The second-order valence-electron chi connectivity index (χ2n) is 5.89. The second kappa shape index (κ2) is 9.15. The zero-order valence-electron chi connectivity index (χ0n) is 12.9. The summed E-state index contributed by atoms with van der Waals surface area (Å²) in [5.74, 6) is 0. The summed E-state index contributed by atoms with van der Waals surface area (Å²) in [5, 5.41) is 3.58. The topological polar surface area (TPSA) is 21.3 Å². The van der Waals surface area contributed by atoms with Gasteiger partial charge in [-0.15, -0.1) is 0 Å². The van der Waals surface area contributed by atoms with Gasteiger partial charge < -0.3 is 10.1 Å². The van der Waals surface area contributed by atoms with E-state index >= 15 is 0 Å². The summed E-state index contributed by atoms with van der Waals surface area (Å²) in [5.41, 5.74) is 2.74. The summed E-state index contributed by atoms with van der Waals surface area (Å²) in [6, 6.07) is 9.41. The largest absolute Gasteiger partial charge is 0.377 e. The third-order valence-corrected chi connectivity index (χ3v) is 3.93. The van der Waals surface area contributed by atoms with Crippen LogP contribution in [0.2, 0.25) is 0 Å².